The Kier molecular flexibility index (Phi) is 3.16. The van der Waals surface area contributed by atoms with Crippen LogP contribution < -0.4 is 0 Å². The van der Waals surface area contributed by atoms with E-state index in [0.717, 1.165) is 16.3 Å². The van der Waals surface area contributed by atoms with Gasteiger partial charge in [-0.15, -0.1) is 0 Å². The van der Waals surface area contributed by atoms with Crippen LogP contribution in [-0.4, -0.2) is 12.0 Å². The maximum atomic E-state index is 13.1. The van der Waals surface area contributed by atoms with Crippen molar-refractivity contribution in [3.05, 3.63) is 96.1 Å². The van der Waals surface area contributed by atoms with Gasteiger partial charge in [-0.2, -0.15) is 0 Å². The monoisotopic (exact) mass is 297 g/mol. The molecule has 0 radical (unpaired) electrons. The average Bonchev–Trinajstić information content (AvgIpc) is 3.12. The van der Waals surface area contributed by atoms with E-state index in [4.69, 9.17) is 0 Å². The smallest absolute Gasteiger partial charge is 0.198 e. The normalized spacial score (nSPS) is 19.3. The molecule has 0 saturated carbocycles. The third-order valence-electron chi connectivity index (χ3n) is 4.27. The Bertz CT molecular complexity index is 926. The molecule has 0 fully saturated rings. The number of carbonyl (C=O) groups excluding carboxylic acids is 1. The third-order valence-corrected chi connectivity index (χ3v) is 4.27. The van der Waals surface area contributed by atoms with E-state index in [1.54, 1.807) is 6.21 Å². The van der Waals surface area contributed by atoms with Gasteiger partial charge in [-0.3, -0.25) is 9.79 Å². The highest BCUT2D eigenvalue weighted by atomic mass is 16.1. The van der Waals surface area contributed by atoms with Crippen LogP contribution in [0.1, 0.15) is 15.9 Å². The standard InChI is InChI=1S/C21H15NO/c23-20(17-8-2-1-3-9-17)21(13-6-14-22-21)19-12-11-16-7-4-5-10-18(16)15-19/h1-15H. The van der Waals surface area contributed by atoms with Crippen molar-refractivity contribution in [2.45, 2.75) is 5.54 Å². The number of hydrogen-bond donors (Lipinski definition) is 0. The van der Waals surface area contributed by atoms with Gasteiger partial charge in [0.25, 0.3) is 0 Å². The maximum Gasteiger partial charge on any atom is 0.198 e. The fourth-order valence-electron chi connectivity index (χ4n) is 3.06. The van der Waals surface area contributed by atoms with Crippen LogP contribution in [0.15, 0.2) is 89.9 Å². The minimum atomic E-state index is -0.953. The van der Waals surface area contributed by atoms with Gasteiger partial charge >= 0.3 is 0 Å². The number of ketones is 1. The molecular formula is C21H15NO. The van der Waals surface area contributed by atoms with Gasteiger partial charge in [-0.05, 0) is 34.6 Å². The summed E-state index contributed by atoms with van der Waals surface area (Å²) in [4.78, 5) is 17.7. The van der Waals surface area contributed by atoms with Gasteiger partial charge in [0, 0.05) is 11.8 Å². The summed E-state index contributed by atoms with van der Waals surface area (Å²) < 4.78 is 0. The number of fused-ring (bicyclic) bond motifs is 1. The lowest BCUT2D eigenvalue weighted by Gasteiger charge is -2.24. The topological polar surface area (TPSA) is 29.4 Å². The summed E-state index contributed by atoms with van der Waals surface area (Å²) in [6.45, 7) is 0. The highest BCUT2D eigenvalue weighted by molar-refractivity contribution is 6.08. The van der Waals surface area contributed by atoms with Gasteiger partial charge < -0.3 is 0 Å². The summed E-state index contributed by atoms with van der Waals surface area (Å²) in [5, 5.41) is 2.27. The summed E-state index contributed by atoms with van der Waals surface area (Å²) in [5.74, 6) is -0.00150. The zero-order valence-corrected chi connectivity index (χ0v) is 12.5. The number of benzene rings is 3. The molecule has 2 nitrogen and oxygen atoms in total. The molecule has 0 aliphatic carbocycles. The van der Waals surface area contributed by atoms with E-state index in [2.05, 4.69) is 23.2 Å². The van der Waals surface area contributed by atoms with Crippen molar-refractivity contribution in [1.29, 1.82) is 0 Å². The van der Waals surface area contributed by atoms with Crippen LogP contribution in [0, 0.1) is 0 Å². The predicted molar refractivity (Wildman–Crippen MR) is 94.0 cm³/mol. The predicted octanol–water partition coefficient (Wildman–Crippen LogP) is 4.56. The lowest BCUT2D eigenvalue weighted by Crippen LogP contribution is -2.30. The van der Waals surface area contributed by atoms with E-state index >= 15 is 0 Å². The number of rotatable bonds is 3. The van der Waals surface area contributed by atoms with Crippen LogP contribution in [0.5, 0.6) is 0 Å². The molecule has 1 atom stereocenters. The van der Waals surface area contributed by atoms with Gasteiger partial charge in [0.15, 0.2) is 11.3 Å². The Balaban J connectivity index is 1.88. The first-order chi connectivity index (χ1) is 11.3. The molecule has 3 aromatic rings. The number of aliphatic imine (C=N–C) groups is 1. The van der Waals surface area contributed by atoms with E-state index in [0.29, 0.717) is 5.56 Å². The highest BCUT2D eigenvalue weighted by Gasteiger charge is 2.39. The summed E-state index contributed by atoms with van der Waals surface area (Å²) in [6, 6.07) is 23.6. The van der Waals surface area contributed by atoms with Gasteiger partial charge in [0.2, 0.25) is 0 Å². The molecule has 3 aromatic carbocycles. The molecule has 0 amide bonds. The first-order valence-corrected chi connectivity index (χ1v) is 7.62. The van der Waals surface area contributed by atoms with Crippen molar-refractivity contribution in [2.24, 2.45) is 4.99 Å². The Morgan fingerprint density at radius 3 is 2.30 bits per heavy atom. The fourth-order valence-corrected chi connectivity index (χ4v) is 3.06. The molecule has 1 heterocycles. The molecule has 0 aromatic heterocycles. The lowest BCUT2D eigenvalue weighted by molar-refractivity contribution is 0.0923. The number of carbonyl (C=O) groups is 1. The molecule has 23 heavy (non-hydrogen) atoms. The molecule has 1 unspecified atom stereocenters. The summed E-state index contributed by atoms with van der Waals surface area (Å²) in [6.07, 6.45) is 5.43. The molecule has 4 rings (SSSR count). The fraction of sp³-hybridized carbons (Fsp3) is 0.0476. The Morgan fingerprint density at radius 1 is 0.826 bits per heavy atom. The average molecular weight is 297 g/mol. The first-order valence-electron chi connectivity index (χ1n) is 7.62. The summed E-state index contributed by atoms with van der Waals surface area (Å²) in [5.41, 5.74) is 0.616. The van der Waals surface area contributed by atoms with Crippen LogP contribution in [0.25, 0.3) is 10.8 Å². The van der Waals surface area contributed by atoms with E-state index in [1.807, 2.05) is 66.7 Å². The van der Waals surface area contributed by atoms with Gasteiger partial charge in [0.1, 0.15) is 0 Å². The molecule has 110 valence electrons. The molecule has 0 spiro atoms. The minimum Gasteiger partial charge on any atom is -0.291 e. The second-order valence-corrected chi connectivity index (χ2v) is 5.66. The SMILES string of the molecule is O=C(c1ccccc1)C1(c2ccc3ccccc3c2)C=CC=N1. The summed E-state index contributed by atoms with van der Waals surface area (Å²) >= 11 is 0. The molecule has 0 N–H and O–H groups in total. The van der Waals surface area contributed by atoms with Crippen LogP contribution in [0.4, 0.5) is 0 Å². The summed E-state index contributed by atoms with van der Waals surface area (Å²) in [7, 11) is 0. The zero-order valence-electron chi connectivity index (χ0n) is 12.5. The molecule has 0 bridgehead atoms. The van der Waals surface area contributed by atoms with E-state index in [1.165, 1.54) is 0 Å². The van der Waals surface area contributed by atoms with Crippen molar-refractivity contribution in [2.75, 3.05) is 0 Å². The minimum absolute atomic E-state index is 0.00150. The number of nitrogens with zero attached hydrogens (tertiary/aromatic N) is 1. The van der Waals surface area contributed by atoms with Crippen LogP contribution >= 0.6 is 0 Å². The van der Waals surface area contributed by atoms with Crippen molar-refractivity contribution in [3.8, 4) is 0 Å². The molecule has 1 aliphatic rings. The van der Waals surface area contributed by atoms with E-state index < -0.39 is 5.54 Å². The molecular weight excluding hydrogens is 282 g/mol. The van der Waals surface area contributed by atoms with Crippen molar-refractivity contribution < 1.29 is 4.79 Å². The largest absolute Gasteiger partial charge is 0.291 e. The van der Waals surface area contributed by atoms with Gasteiger partial charge in [0.05, 0.1) is 0 Å². The van der Waals surface area contributed by atoms with Gasteiger partial charge in [-0.1, -0.05) is 66.7 Å². The van der Waals surface area contributed by atoms with E-state index in [-0.39, 0.29) is 5.78 Å². The molecule has 1 aliphatic heterocycles. The quantitative estimate of drug-likeness (QED) is 0.652. The van der Waals surface area contributed by atoms with Crippen molar-refractivity contribution in [3.63, 3.8) is 0 Å². The number of allylic oxidation sites excluding steroid dienone is 1. The second-order valence-electron chi connectivity index (χ2n) is 5.66. The van der Waals surface area contributed by atoms with Gasteiger partial charge in [-0.25, -0.2) is 0 Å². The zero-order chi connectivity index (χ0) is 15.7. The number of hydrogen-bond acceptors (Lipinski definition) is 2. The molecule has 2 heteroatoms. The number of Topliss-reactive ketones (excluding diaryl/α,β-unsaturated/α-hetero) is 1. The Labute approximate surface area is 134 Å². The Morgan fingerprint density at radius 2 is 1.57 bits per heavy atom. The van der Waals surface area contributed by atoms with Crippen molar-refractivity contribution in [1.82, 2.24) is 0 Å². The molecule has 0 saturated heterocycles. The first kappa shape index (κ1) is 13.6. The van der Waals surface area contributed by atoms with E-state index in [9.17, 15) is 4.79 Å². The lowest BCUT2D eigenvalue weighted by atomic mass is 9.83. The highest BCUT2D eigenvalue weighted by Crippen LogP contribution is 2.35. The third kappa shape index (κ3) is 2.20. The van der Waals surface area contributed by atoms with Crippen LogP contribution in [0.3, 0.4) is 0 Å². The Hall–Kier alpha value is -3.00. The maximum absolute atomic E-state index is 13.1. The van der Waals surface area contributed by atoms with Crippen molar-refractivity contribution >= 4 is 22.8 Å². The van der Waals surface area contributed by atoms with Crippen LogP contribution in [-0.2, 0) is 5.54 Å². The second kappa shape index (κ2) is 5.33. The van der Waals surface area contributed by atoms with Crippen LogP contribution in [0.2, 0.25) is 0 Å².